The van der Waals surface area contributed by atoms with Crippen molar-refractivity contribution in [2.24, 2.45) is 0 Å². The number of carbonyl (C=O) groups excluding carboxylic acids is 2. The summed E-state index contributed by atoms with van der Waals surface area (Å²) < 4.78 is 31.3. The van der Waals surface area contributed by atoms with Crippen LogP contribution in [0.1, 0.15) is 29.7 Å². The van der Waals surface area contributed by atoms with Gasteiger partial charge in [0.15, 0.2) is 21.3 Å². The number of hydrogen-bond acceptors (Lipinski definition) is 7. The number of rotatable bonds is 6. The lowest BCUT2D eigenvalue weighted by Gasteiger charge is -2.29. The minimum absolute atomic E-state index is 0.0288. The second-order valence-electron chi connectivity index (χ2n) is 7.40. The molecule has 0 unspecified atom stereocenters. The van der Waals surface area contributed by atoms with E-state index in [1.54, 1.807) is 19.9 Å². The van der Waals surface area contributed by atoms with Gasteiger partial charge in [-0.25, -0.2) is 18.0 Å². The predicted molar refractivity (Wildman–Crippen MR) is 116 cm³/mol. The van der Waals surface area contributed by atoms with Crippen molar-refractivity contribution in [3.05, 3.63) is 64.4 Å². The monoisotopic (exact) mass is 460 g/mol. The number of carbonyl (C=O) groups is 2. The maximum Gasteiger partial charge on any atom is 0.338 e. The number of benzene rings is 2. The van der Waals surface area contributed by atoms with E-state index < -0.39 is 39.4 Å². The molecule has 32 heavy (non-hydrogen) atoms. The molecular weight excluding hydrogens is 436 g/mol. The van der Waals surface area contributed by atoms with E-state index in [0.29, 0.717) is 0 Å². The van der Waals surface area contributed by atoms with Crippen LogP contribution in [0.2, 0.25) is 0 Å². The predicted octanol–water partition coefficient (Wildman–Crippen LogP) is 2.36. The Morgan fingerprint density at radius 3 is 2.41 bits per heavy atom. The van der Waals surface area contributed by atoms with Crippen LogP contribution in [0.4, 0.5) is 4.79 Å². The summed E-state index contributed by atoms with van der Waals surface area (Å²) in [6, 6.07) is 6.66. The molecule has 1 atom stereocenters. The molecule has 0 fully saturated rings. The van der Waals surface area contributed by atoms with Gasteiger partial charge in [-0.15, -0.1) is 0 Å². The third kappa shape index (κ3) is 4.70. The lowest BCUT2D eigenvalue weighted by Crippen LogP contribution is -2.47. The maximum atomic E-state index is 13.1. The maximum absolute atomic E-state index is 13.1. The Bertz CT molecular complexity index is 1220. The Morgan fingerprint density at radius 1 is 1.06 bits per heavy atom. The molecule has 2 amide bonds. The van der Waals surface area contributed by atoms with E-state index in [9.17, 15) is 28.2 Å². The van der Waals surface area contributed by atoms with Crippen LogP contribution in [-0.4, -0.2) is 43.0 Å². The fourth-order valence-electron chi connectivity index (χ4n) is 3.33. The first-order chi connectivity index (χ1) is 15.0. The molecule has 0 aliphatic carbocycles. The summed E-state index contributed by atoms with van der Waals surface area (Å²) in [5.74, 6) is -2.30. The van der Waals surface area contributed by atoms with Gasteiger partial charge in [-0.2, -0.15) is 0 Å². The van der Waals surface area contributed by atoms with Crippen LogP contribution in [0.15, 0.2) is 52.6 Å². The number of urea groups is 1. The Labute approximate surface area is 185 Å². The standard InChI is InChI=1S/C22H24N2O7S/c1-4-31-21(27)19-16(11-32(29,30)15-7-5-12(2)13(3)9-15)23-22(28)24-20(19)14-6-8-17(25)18(26)10-14/h5-10,20,25-26H,4,11H2,1-3H3,(H2,23,24,28)/t20-/m1/s1. The van der Waals surface area contributed by atoms with E-state index >= 15 is 0 Å². The van der Waals surface area contributed by atoms with E-state index in [4.69, 9.17) is 4.74 Å². The number of hydrogen-bond donors (Lipinski definition) is 4. The zero-order chi connectivity index (χ0) is 23.6. The van der Waals surface area contributed by atoms with Gasteiger partial charge in [-0.1, -0.05) is 12.1 Å². The molecule has 10 heteroatoms. The van der Waals surface area contributed by atoms with Crippen LogP contribution >= 0.6 is 0 Å². The lowest BCUT2D eigenvalue weighted by molar-refractivity contribution is -0.139. The molecule has 2 aromatic rings. The number of amides is 2. The zero-order valence-electron chi connectivity index (χ0n) is 17.8. The summed E-state index contributed by atoms with van der Waals surface area (Å²) >= 11 is 0. The first-order valence-corrected chi connectivity index (χ1v) is 11.5. The summed E-state index contributed by atoms with van der Waals surface area (Å²) in [4.78, 5) is 25.2. The molecule has 0 saturated carbocycles. The molecule has 1 heterocycles. The lowest BCUT2D eigenvalue weighted by atomic mass is 9.95. The molecule has 1 aliphatic rings. The summed E-state index contributed by atoms with van der Waals surface area (Å²) in [6.45, 7) is 5.27. The van der Waals surface area contributed by atoms with Gasteiger partial charge >= 0.3 is 12.0 Å². The van der Waals surface area contributed by atoms with Crippen molar-refractivity contribution in [3.63, 3.8) is 0 Å². The Kier molecular flexibility index (Phi) is 6.45. The van der Waals surface area contributed by atoms with Crippen molar-refractivity contribution in [2.75, 3.05) is 12.4 Å². The molecular formula is C22H24N2O7S. The normalized spacial score (nSPS) is 16.3. The number of nitrogens with one attached hydrogen (secondary N) is 2. The summed E-state index contributed by atoms with van der Waals surface area (Å²) in [7, 11) is -3.92. The summed E-state index contributed by atoms with van der Waals surface area (Å²) in [5, 5.41) is 24.4. The molecule has 0 spiro atoms. The van der Waals surface area contributed by atoms with E-state index in [1.165, 1.54) is 30.3 Å². The van der Waals surface area contributed by atoms with E-state index in [-0.39, 0.29) is 34.1 Å². The van der Waals surface area contributed by atoms with Gasteiger partial charge in [-0.3, -0.25) is 0 Å². The molecule has 3 rings (SSSR count). The fraction of sp³-hybridized carbons (Fsp3) is 0.273. The summed E-state index contributed by atoms with van der Waals surface area (Å²) in [5.41, 5.74) is 1.75. The van der Waals surface area contributed by atoms with Crippen molar-refractivity contribution in [1.82, 2.24) is 10.6 Å². The van der Waals surface area contributed by atoms with Crippen LogP contribution in [-0.2, 0) is 19.4 Å². The second kappa shape index (κ2) is 8.91. The molecule has 1 aliphatic heterocycles. The third-order valence-electron chi connectivity index (χ3n) is 5.15. The van der Waals surface area contributed by atoms with Gasteiger partial charge < -0.3 is 25.6 Å². The first kappa shape index (κ1) is 23.1. The number of aryl methyl sites for hydroxylation is 2. The number of phenolic OH excluding ortho intramolecular Hbond substituents is 2. The highest BCUT2D eigenvalue weighted by molar-refractivity contribution is 7.91. The molecule has 2 aromatic carbocycles. The molecule has 0 aromatic heterocycles. The Morgan fingerprint density at radius 2 is 1.78 bits per heavy atom. The van der Waals surface area contributed by atoms with E-state index in [0.717, 1.165) is 11.1 Å². The minimum Gasteiger partial charge on any atom is -0.504 e. The molecule has 0 saturated heterocycles. The van der Waals surface area contributed by atoms with Crippen molar-refractivity contribution in [2.45, 2.75) is 31.7 Å². The third-order valence-corrected chi connectivity index (χ3v) is 6.79. The van der Waals surface area contributed by atoms with E-state index in [1.807, 2.05) is 6.92 Å². The van der Waals surface area contributed by atoms with Crippen LogP contribution < -0.4 is 10.6 Å². The molecule has 0 radical (unpaired) electrons. The highest BCUT2D eigenvalue weighted by Crippen LogP contribution is 2.34. The quantitative estimate of drug-likeness (QED) is 0.383. The van der Waals surface area contributed by atoms with Gasteiger partial charge in [0.05, 0.1) is 28.9 Å². The van der Waals surface area contributed by atoms with Crippen molar-refractivity contribution < 1.29 is 33.0 Å². The first-order valence-electron chi connectivity index (χ1n) is 9.83. The van der Waals surface area contributed by atoms with Crippen LogP contribution in [0.25, 0.3) is 0 Å². The average Bonchev–Trinajstić information content (AvgIpc) is 2.71. The fourth-order valence-corrected chi connectivity index (χ4v) is 4.74. The number of aromatic hydroxyl groups is 2. The van der Waals surface area contributed by atoms with Gasteiger partial charge in [-0.05, 0) is 61.7 Å². The molecule has 4 N–H and O–H groups in total. The Hall–Kier alpha value is -3.53. The van der Waals surface area contributed by atoms with Gasteiger partial charge in [0.2, 0.25) is 0 Å². The van der Waals surface area contributed by atoms with Gasteiger partial charge in [0, 0.05) is 5.70 Å². The van der Waals surface area contributed by atoms with Crippen LogP contribution in [0, 0.1) is 13.8 Å². The number of esters is 1. The van der Waals surface area contributed by atoms with Crippen LogP contribution in [0.3, 0.4) is 0 Å². The largest absolute Gasteiger partial charge is 0.504 e. The van der Waals surface area contributed by atoms with Gasteiger partial charge in [0.25, 0.3) is 0 Å². The highest BCUT2D eigenvalue weighted by Gasteiger charge is 2.36. The highest BCUT2D eigenvalue weighted by atomic mass is 32.2. The number of ether oxygens (including phenoxy) is 1. The van der Waals surface area contributed by atoms with Crippen LogP contribution in [0.5, 0.6) is 11.5 Å². The number of phenols is 2. The zero-order valence-corrected chi connectivity index (χ0v) is 18.6. The van der Waals surface area contributed by atoms with Crippen molar-refractivity contribution in [3.8, 4) is 11.5 Å². The second-order valence-corrected chi connectivity index (χ2v) is 9.39. The SMILES string of the molecule is CCOC(=O)C1=C(CS(=O)(=O)c2ccc(C)c(C)c2)NC(=O)N[C@@H]1c1ccc(O)c(O)c1. The Balaban J connectivity index is 2.12. The van der Waals surface area contributed by atoms with Crippen molar-refractivity contribution in [1.29, 1.82) is 0 Å². The van der Waals surface area contributed by atoms with E-state index in [2.05, 4.69) is 10.6 Å². The molecule has 170 valence electrons. The minimum atomic E-state index is -3.92. The number of sulfone groups is 1. The molecule has 9 nitrogen and oxygen atoms in total. The van der Waals surface area contributed by atoms with Crippen molar-refractivity contribution >= 4 is 21.8 Å². The smallest absolute Gasteiger partial charge is 0.338 e. The van der Waals surface area contributed by atoms with Gasteiger partial charge in [0.1, 0.15) is 0 Å². The summed E-state index contributed by atoms with van der Waals surface area (Å²) in [6.07, 6.45) is 0. The average molecular weight is 461 g/mol. The topological polar surface area (TPSA) is 142 Å². The molecule has 0 bridgehead atoms.